The second-order valence-electron chi connectivity index (χ2n) is 5.37. The Morgan fingerprint density at radius 1 is 1.16 bits per heavy atom. The molecule has 1 heterocycles. The van der Waals surface area contributed by atoms with Gasteiger partial charge >= 0.3 is 0 Å². The van der Waals surface area contributed by atoms with Crippen molar-refractivity contribution in [2.75, 3.05) is 26.1 Å². The van der Waals surface area contributed by atoms with Crippen molar-refractivity contribution < 1.29 is 19.1 Å². The van der Waals surface area contributed by atoms with Gasteiger partial charge in [0, 0.05) is 29.6 Å². The topological polar surface area (TPSA) is 76.7 Å². The highest BCUT2D eigenvalue weighted by Gasteiger charge is 2.20. The molecular formula is C18H18N2O4S. The second-order valence-corrected chi connectivity index (χ2v) is 6.46. The van der Waals surface area contributed by atoms with Crippen molar-refractivity contribution in [2.24, 2.45) is 0 Å². The van der Waals surface area contributed by atoms with Crippen molar-refractivity contribution in [1.82, 2.24) is 5.32 Å². The number of anilines is 1. The summed E-state index contributed by atoms with van der Waals surface area (Å²) in [4.78, 5) is 26.5. The molecule has 1 aliphatic heterocycles. The minimum Gasteiger partial charge on any atom is -0.354 e. The first-order chi connectivity index (χ1) is 12.1. The molecule has 130 valence electrons. The SMILES string of the molecule is COC(CNC(=O)c1ccc2c(c1)NC(=O)c1ccccc1S2)OC. The number of rotatable bonds is 5. The highest BCUT2D eigenvalue weighted by Crippen LogP contribution is 2.38. The van der Waals surface area contributed by atoms with E-state index in [4.69, 9.17) is 9.47 Å². The molecule has 0 spiro atoms. The van der Waals surface area contributed by atoms with Gasteiger partial charge in [0.15, 0.2) is 6.29 Å². The molecule has 0 bridgehead atoms. The highest BCUT2D eigenvalue weighted by atomic mass is 32.2. The van der Waals surface area contributed by atoms with Gasteiger partial charge < -0.3 is 20.1 Å². The molecule has 2 amide bonds. The van der Waals surface area contributed by atoms with Crippen molar-refractivity contribution in [3.05, 3.63) is 53.6 Å². The fourth-order valence-corrected chi connectivity index (χ4v) is 3.46. The van der Waals surface area contributed by atoms with E-state index in [1.807, 2.05) is 24.3 Å². The fraction of sp³-hybridized carbons (Fsp3) is 0.222. The Labute approximate surface area is 149 Å². The molecule has 0 unspecified atom stereocenters. The number of hydrogen-bond acceptors (Lipinski definition) is 5. The van der Waals surface area contributed by atoms with Gasteiger partial charge in [0.1, 0.15) is 0 Å². The van der Waals surface area contributed by atoms with Gasteiger partial charge in [0.05, 0.1) is 17.8 Å². The van der Waals surface area contributed by atoms with Gasteiger partial charge in [-0.25, -0.2) is 0 Å². The molecule has 0 saturated heterocycles. The van der Waals surface area contributed by atoms with Crippen LogP contribution in [0.15, 0.2) is 52.3 Å². The smallest absolute Gasteiger partial charge is 0.256 e. The van der Waals surface area contributed by atoms with Gasteiger partial charge in [-0.1, -0.05) is 23.9 Å². The fourth-order valence-electron chi connectivity index (χ4n) is 2.45. The molecule has 0 aromatic heterocycles. The quantitative estimate of drug-likeness (QED) is 0.804. The van der Waals surface area contributed by atoms with Gasteiger partial charge in [-0.05, 0) is 30.3 Å². The summed E-state index contributed by atoms with van der Waals surface area (Å²) in [5.41, 5.74) is 1.70. The first-order valence-electron chi connectivity index (χ1n) is 7.68. The number of benzene rings is 2. The van der Waals surface area contributed by atoms with Crippen molar-refractivity contribution in [2.45, 2.75) is 16.1 Å². The molecule has 7 heteroatoms. The first-order valence-corrected chi connectivity index (χ1v) is 8.50. The molecule has 0 radical (unpaired) electrons. The number of ether oxygens (including phenoxy) is 2. The first kappa shape index (κ1) is 17.5. The number of carbonyl (C=O) groups is 2. The summed E-state index contributed by atoms with van der Waals surface area (Å²) in [7, 11) is 3.01. The number of hydrogen-bond donors (Lipinski definition) is 2. The van der Waals surface area contributed by atoms with Crippen LogP contribution in [-0.4, -0.2) is 38.9 Å². The maximum Gasteiger partial charge on any atom is 0.256 e. The number of amides is 2. The lowest BCUT2D eigenvalue weighted by atomic mass is 10.1. The lowest BCUT2D eigenvalue weighted by Crippen LogP contribution is -2.34. The Bertz CT molecular complexity index is 805. The van der Waals surface area contributed by atoms with Crippen molar-refractivity contribution in [3.63, 3.8) is 0 Å². The third kappa shape index (κ3) is 3.84. The van der Waals surface area contributed by atoms with E-state index in [1.54, 1.807) is 18.2 Å². The summed E-state index contributed by atoms with van der Waals surface area (Å²) < 4.78 is 10.1. The van der Waals surface area contributed by atoms with Gasteiger partial charge in [-0.15, -0.1) is 0 Å². The number of methoxy groups -OCH3 is 2. The predicted octanol–water partition coefficient (Wildman–Crippen LogP) is 2.75. The van der Waals surface area contributed by atoms with Gasteiger partial charge in [-0.3, -0.25) is 9.59 Å². The third-order valence-electron chi connectivity index (χ3n) is 3.80. The van der Waals surface area contributed by atoms with E-state index in [0.717, 1.165) is 9.79 Å². The Morgan fingerprint density at radius 2 is 1.92 bits per heavy atom. The standard InChI is InChI=1S/C18H18N2O4S/c1-23-16(24-2)10-19-17(21)11-7-8-15-13(9-11)20-18(22)12-5-3-4-6-14(12)25-15/h3-9,16H,10H2,1-2H3,(H,19,21)(H,20,22). The zero-order chi connectivity index (χ0) is 17.8. The van der Waals surface area contributed by atoms with Crippen LogP contribution in [0.1, 0.15) is 20.7 Å². The van der Waals surface area contributed by atoms with E-state index in [9.17, 15) is 9.59 Å². The zero-order valence-electron chi connectivity index (χ0n) is 13.9. The summed E-state index contributed by atoms with van der Waals surface area (Å²) in [5, 5.41) is 5.62. The molecule has 1 aliphatic rings. The van der Waals surface area contributed by atoms with Crippen LogP contribution < -0.4 is 10.6 Å². The van der Waals surface area contributed by atoms with Crippen LogP contribution in [0, 0.1) is 0 Å². The molecule has 2 aromatic rings. The molecule has 2 aromatic carbocycles. The summed E-state index contributed by atoms with van der Waals surface area (Å²) in [6.45, 7) is 0.232. The summed E-state index contributed by atoms with van der Waals surface area (Å²) >= 11 is 1.50. The Hall–Kier alpha value is -2.35. The average Bonchev–Trinajstić information content (AvgIpc) is 2.77. The average molecular weight is 358 g/mol. The maximum absolute atomic E-state index is 12.4. The molecular weight excluding hydrogens is 340 g/mol. The normalized spacial score (nSPS) is 12.8. The Kier molecular flexibility index (Phi) is 5.37. The summed E-state index contributed by atoms with van der Waals surface area (Å²) in [6, 6.07) is 12.7. The number of carbonyl (C=O) groups excluding carboxylic acids is 2. The van der Waals surface area contributed by atoms with Gasteiger partial charge in [0.25, 0.3) is 11.8 Å². The molecule has 0 atom stereocenters. The monoisotopic (exact) mass is 358 g/mol. The molecule has 0 fully saturated rings. The summed E-state index contributed by atoms with van der Waals surface area (Å²) in [6.07, 6.45) is -0.505. The number of fused-ring (bicyclic) bond motifs is 2. The van der Waals surface area contributed by atoms with E-state index in [1.165, 1.54) is 26.0 Å². The zero-order valence-corrected chi connectivity index (χ0v) is 14.7. The van der Waals surface area contributed by atoms with Crippen LogP contribution in [-0.2, 0) is 9.47 Å². The Morgan fingerprint density at radius 3 is 2.68 bits per heavy atom. The minimum absolute atomic E-state index is 0.182. The van der Waals surface area contributed by atoms with Crippen molar-refractivity contribution >= 4 is 29.3 Å². The molecule has 3 rings (SSSR count). The number of nitrogens with one attached hydrogen (secondary N) is 2. The lowest BCUT2D eigenvalue weighted by molar-refractivity contribution is -0.0974. The molecule has 0 saturated carbocycles. The Balaban J connectivity index is 1.80. The van der Waals surface area contributed by atoms with Crippen LogP contribution in [0.5, 0.6) is 0 Å². The third-order valence-corrected chi connectivity index (χ3v) is 4.95. The van der Waals surface area contributed by atoms with Gasteiger partial charge in [0.2, 0.25) is 0 Å². The minimum atomic E-state index is -0.505. The van der Waals surface area contributed by atoms with Crippen LogP contribution in [0.3, 0.4) is 0 Å². The predicted molar refractivity (Wildman–Crippen MR) is 95.1 cm³/mol. The maximum atomic E-state index is 12.4. The van der Waals surface area contributed by atoms with E-state index >= 15 is 0 Å². The molecule has 0 aliphatic carbocycles. The van der Waals surface area contributed by atoms with Crippen molar-refractivity contribution in [1.29, 1.82) is 0 Å². The summed E-state index contributed by atoms with van der Waals surface area (Å²) in [5.74, 6) is -0.443. The van der Waals surface area contributed by atoms with Crippen molar-refractivity contribution in [3.8, 4) is 0 Å². The molecule has 25 heavy (non-hydrogen) atoms. The van der Waals surface area contributed by atoms with E-state index in [0.29, 0.717) is 16.8 Å². The van der Waals surface area contributed by atoms with Crippen LogP contribution in [0.2, 0.25) is 0 Å². The van der Waals surface area contributed by atoms with E-state index < -0.39 is 6.29 Å². The molecule has 6 nitrogen and oxygen atoms in total. The highest BCUT2D eigenvalue weighted by molar-refractivity contribution is 7.99. The van der Waals surface area contributed by atoms with Crippen LogP contribution in [0.25, 0.3) is 0 Å². The van der Waals surface area contributed by atoms with E-state index in [2.05, 4.69) is 10.6 Å². The van der Waals surface area contributed by atoms with Gasteiger partial charge in [-0.2, -0.15) is 0 Å². The van der Waals surface area contributed by atoms with E-state index in [-0.39, 0.29) is 18.4 Å². The van der Waals surface area contributed by atoms with Crippen LogP contribution in [0.4, 0.5) is 5.69 Å². The molecule has 2 N–H and O–H groups in total. The largest absolute Gasteiger partial charge is 0.354 e. The van der Waals surface area contributed by atoms with Crippen LogP contribution >= 0.6 is 11.8 Å². The second kappa shape index (κ2) is 7.69. The lowest BCUT2D eigenvalue weighted by Gasteiger charge is -2.14.